The van der Waals surface area contributed by atoms with Gasteiger partial charge in [0.25, 0.3) is 0 Å². The Hall–Kier alpha value is -17.4. The topological polar surface area (TPSA) is 22.9 Å². The SMILES string of the molecule is [2H]c1c([2H])c([2H])c(-c2ccc(N(c3ccc4c(c3)sc3ccccc34)c3ccc4c(c3)sc3ccc5ccccc5c34)c3ccccc23)c([2H])c1[2H].c1ccc(-c2cc(-c3ccc(N(c4ccc5c(c4)oc4ccccc45)c4ccc5c(c4)sc4ccc6ccccc6c45)cc3)cc3ccccc23)cc1.c1ccc2cc(N(c3ccc4sc5ccc6ccccc6c5c4c3)c3cc4c5ccccc5sc4c4ccccc34)ccc2c1. The maximum absolute atomic E-state index is 8.77. The molecule has 6 heterocycles. The van der Waals surface area contributed by atoms with E-state index in [0.717, 1.165) is 78.2 Å². The summed E-state index contributed by atoms with van der Waals surface area (Å²) < 4.78 is 61.6. The summed E-state index contributed by atoms with van der Waals surface area (Å²) in [4.78, 5) is 7.13. The van der Waals surface area contributed by atoms with E-state index in [-0.39, 0.29) is 29.7 Å². The van der Waals surface area contributed by atoms with Gasteiger partial charge in [-0.3, -0.25) is 0 Å². The fourth-order valence-electron chi connectivity index (χ4n) is 22.3. The quantitative estimate of drug-likeness (QED) is 0.122. The van der Waals surface area contributed by atoms with E-state index in [1.807, 2.05) is 76.5 Å². The fourth-order valence-corrected chi connectivity index (χ4v) is 28.0. The molecule has 0 aliphatic rings. The van der Waals surface area contributed by atoms with Crippen LogP contribution < -0.4 is 14.7 Å². The largest absolute Gasteiger partial charge is 0.456 e. The van der Waals surface area contributed by atoms with Crippen molar-refractivity contribution in [3.63, 3.8) is 0 Å². The highest BCUT2D eigenvalue weighted by Gasteiger charge is 2.27. The summed E-state index contributed by atoms with van der Waals surface area (Å²) in [5.41, 5.74) is 17.1. The van der Waals surface area contributed by atoms with Crippen molar-refractivity contribution in [1.29, 1.82) is 0 Å². The molecular weight excluding hydrogens is 1850 g/mol. The minimum Gasteiger partial charge on any atom is -0.456 e. The maximum atomic E-state index is 8.77. The molecule has 0 bridgehead atoms. The van der Waals surface area contributed by atoms with Crippen LogP contribution in [0.15, 0.2) is 508 Å². The maximum Gasteiger partial charge on any atom is 0.137 e. The molecule has 0 unspecified atom stereocenters. The first-order valence-electron chi connectivity index (χ1n) is 51.3. The number of anilines is 9. The second kappa shape index (κ2) is 34.8. The molecule has 0 amide bonds. The van der Waals surface area contributed by atoms with E-state index in [4.69, 9.17) is 11.3 Å². The predicted octanol–water partition coefficient (Wildman–Crippen LogP) is 42.3. The molecule has 678 valence electrons. The number of nitrogens with zero attached hydrogens (tertiary/aromatic N) is 3. The molecule has 31 rings (SSSR count). The molecule has 4 nitrogen and oxygen atoms in total. The van der Waals surface area contributed by atoms with Gasteiger partial charge in [0.1, 0.15) is 11.2 Å². The number of furan rings is 1. The average molecular weight is 1940 g/mol. The molecule has 31 aromatic rings. The third-order valence-corrected chi connectivity index (χ3v) is 34.7. The molecule has 25 aromatic carbocycles. The fraction of sp³-hybridized carbons (Fsp3) is 0. The van der Waals surface area contributed by atoms with Crippen molar-refractivity contribution in [2.75, 3.05) is 14.7 Å². The van der Waals surface area contributed by atoms with Crippen molar-refractivity contribution in [3.05, 3.63) is 503 Å². The second-order valence-corrected chi connectivity index (χ2v) is 42.6. The van der Waals surface area contributed by atoms with E-state index in [0.29, 0.717) is 5.56 Å². The van der Waals surface area contributed by atoms with Gasteiger partial charge >= 0.3 is 0 Å². The summed E-state index contributed by atoms with van der Waals surface area (Å²) in [5.74, 6) is 0. The Balaban J connectivity index is 0.000000106. The van der Waals surface area contributed by atoms with Gasteiger partial charge in [-0.15, -0.1) is 56.7 Å². The van der Waals surface area contributed by atoms with Gasteiger partial charge in [0, 0.05) is 174 Å². The minimum absolute atomic E-state index is 0.200. The molecule has 0 N–H and O–H groups in total. The first-order valence-corrected chi connectivity index (χ1v) is 52.9. The zero-order chi connectivity index (χ0) is 99.6. The van der Waals surface area contributed by atoms with Gasteiger partial charge in [-0.25, -0.2) is 0 Å². The molecule has 0 aliphatic heterocycles. The van der Waals surface area contributed by atoms with E-state index < -0.39 is 6.04 Å². The lowest BCUT2D eigenvalue weighted by Gasteiger charge is -2.28. The molecule has 9 heteroatoms. The Morgan fingerprint density at radius 1 is 0.172 bits per heavy atom. The van der Waals surface area contributed by atoms with Gasteiger partial charge in [0.2, 0.25) is 0 Å². The molecular formula is C136H83N3OS5. The van der Waals surface area contributed by atoms with Crippen LogP contribution >= 0.6 is 56.7 Å². The van der Waals surface area contributed by atoms with E-state index in [2.05, 4.69) is 445 Å². The van der Waals surface area contributed by atoms with Crippen LogP contribution in [0.25, 0.3) is 232 Å². The van der Waals surface area contributed by atoms with Gasteiger partial charge in [-0.1, -0.05) is 346 Å². The Bertz CT molecular complexity index is 11000. The number of benzene rings is 25. The van der Waals surface area contributed by atoms with Gasteiger partial charge in [0.15, 0.2) is 0 Å². The first kappa shape index (κ1) is 79.3. The normalized spacial score (nSPS) is 12.3. The Kier molecular flexibility index (Phi) is 19.0. The number of hydrogen-bond donors (Lipinski definition) is 0. The minimum atomic E-state index is -0.396. The lowest BCUT2D eigenvalue weighted by atomic mass is 9.93. The molecule has 0 fully saturated rings. The highest BCUT2D eigenvalue weighted by atomic mass is 32.1. The van der Waals surface area contributed by atoms with Crippen LogP contribution in [0.3, 0.4) is 0 Å². The molecule has 145 heavy (non-hydrogen) atoms. The highest BCUT2D eigenvalue weighted by molar-refractivity contribution is 7.28. The van der Waals surface area contributed by atoms with Crippen molar-refractivity contribution in [2.24, 2.45) is 0 Å². The average Bonchev–Trinajstić information content (AvgIpc) is 1.74. The predicted molar refractivity (Wildman–Crippen MR) is 634 cm³/mol. The number of rotatable bonds is 12. The monoisotopic (exact) mass is 1940 g/mol. The van der Waals surface area contributed by atoms with Gasteiger partial charge in [-0.2, -0.15) is 0 Å². The zero-order valence-electron chi connectivity index (χ0n) is 82.8. The van der Waals surface area contributed by atoms with Crippen molar-refractivity contribution >= 4 is 306 Å². The van der Waals surface area contributed by atoms with E-state index in [1.54, 1.807) is 22.7 Å². The Morgan fingerprint density at radius 3 is 1.24 bits per heavy atom. The van der Waals surface area contributed by atoms with Gasteiger partial charge in [0.05, 0.1) is 18.2 Å². The second-order valence-electron chi connectivity index (χ2n) is 37.2. The number of fused-ring (bicyclic) bond motifs is 29. The third kappa shape index (κ3) is 14.5. The van der Waals surface area contributed by atoms with Gasteiger partial charge < -0.3 is 19.1 Å². The Morgan fingerprint density at radius 2 is 0.586 bits per heavy atom. The van der Waals surface area contributed by atoms with E-state index in [9.17, 15) is 0 Å². The van der Waals surface area contributed by atoms with Crippen LogP contribution in [-0.4, -0.2) is 0 Å². The van der Waals surface area contributed by atoms with Crippen LogP contribution in [0.5, 0.6) is 0 Å². The van der Waals surface area contributed by atoms with Crippen LogP contribution in [0, 0.1) is 0 Å². The number of hydrogen-bond acceptors (Lipinski definition) is 9. The smallest absolute Gasteiger partial charge is 0.137 e. The van der Waals surface area contributed by atoms with Crippen LogP contribution in [0.1, 0.15) is 6.85 Å². The van der Waals surface area contributed by atoms with Crippen molar-refractivity contribution < 1.29 is 11.3 Å². The summed E-state index contributed by atoms with van der Waals surface area (Å²) in [5, 5.41) is 32.0. The lowest BCUT2D eigenvalue weighted by Crippen LogP contribution is -2.10. The van der Waals surface area contributed by atoms with Crippen LogP contribution in [0.4, 0.5) is 51.2 Å². The third-order valence-electron chi connectivity index (χ3n) is 29.0. The molecule has 0 atom stereocenters. The lowest BCUT2D eigenvalue weighted by molar-refractivity contribution is 0.669. The van der Waals surface area contributed by atoms with E-state index in [1.165, 1.54) is 193 Å². The zero-order valence-corrected chi connectivity index (χ0v) is 81.9. The summed E-state index contributed by atoms with van der Waals surface area (Å²) in [7, 11) is 0. The van der Waals surface area contributed by atoms with Crippen LogP contribution in [0.2, 0.25) is 0 Å². The van der Waals surface area contributed by atoms with Crippen LogP contribution in [-0.2, 0) is 0 Å². The standard InChI is InChI=1S/C50H31NOS.C44H27NS2.C42H25NS2/c1-2-10-33(11-3-1)45-29-36(28-35-13-5-6-14-40(35)45)32-18-21-37(22-19-32)51(38-23-25-43-42-16-8-9-17-46(42)52-47(43)30-38)39-24-26-44-49(31-39)53-48-27-20-34-12-4-7-15-41(34)50(44)48;1-2-10-28(11-3-1)32-23-24-39(35-15-7-6-14-34(32)35)45(30-19-21-37-36-16-8-9-17-40(36)46-42(37)26-30)31-20-22-38-43(27-31)47-41-25-18-29-12-4-5-13-33(29)44(38)41;1-2-11-28-23-29(19-17-26(28)9-1)43(30-20-22-39-36(24-30)41-31-12-4-3-10-27(31)18-21-40(41)44-39)37-25-35-33-14-7-8-16-38(33)45-42(35)34-15-6-5-13-32(34)37/h1-31H;1-27H;1-25H/i;1D,2D,3D,10D,11D;. The number of para-hydroxylation sites is 1. The molecule has 6 aromatic heterocycles. The molecule has 0 aliphatic carbocycles. The summed E-state index contributed by atoms with van der Waals surface area (Å²) >= 11 is 9.21. The number of thiophene rings is 5. The Labute approximate surface area is 861 Å². The van der Waals surface area contributed by atoms with Crippen molar-refractivity contribution in [2.45, 2.75) is 0 Å². The molecule has 0 saturated heterocycles. The summed E-state index contributed by atoms with van der Waals surface area (Å²) in [6, 6.07) is 169. The molecule has 0 radical (unpaired) electrons. The van der Waals surface area contributed by atoms with Crippen molar-refractivity contribution in [1.82, 2.24) is 0 Å². The molecule has 0 spiro atoms. The van der Waals surface area contributed by atoms with E-state index >= 15 is 0 Å². The first-order chi connectivity index (χ1) is 73.9. The summed E-state index contributed by atoms with van der Waals surface area (Å²) in [6.45, 7) is 0. The summed E-state index contributed by atoms with van der Waals surface area (Å²) in [6.07, 6.45) is 0. The van der Waals surface area contributed by atoms with Crippen molar-refractivity contribution in [3.8, 4) is 33.4 Å². The van der Waals surface area contributed by atoms with Gasteiger partial charge in [-0.05, 0) is 244 Å². The highest BCUT2D eigenvalue weighted by Crippen LogP contribution is 2.54. The molecule has 0 saturated carbocycles.